The Balaban J connectivity index is 2.65. The van der Waals surface area contributed by atoms with Crippen molar-refractivity contribution >= 4 is 17.6 Å². The van der Waals surface area contributed by atoms with Gasteiger partial charge in [-0.1, -0.05) is 25.0 Å². The Morgan fingerprint density at radius 2 is 2.00 bits per heavy atom. The lowest BCUT2D eigenvalue weighted by Gasteiger charge is -2.10. The number of benzene rings is 1. The van der Waals surface area contributed by atoms with Gasteiger partial charge in [-0.3, -0.25) is 9.59 Å². The molecule has 1 rings (SSSR count). The predicted molar refractivity (Wildman–Crippen MR) is 69.2 cm³/mol. The van der Waals surface area contributed by atoms with E-state index in [0.29, 0.717) is 5.69 Å². The van der Waals surface area contributed by atoms with E-state index in [1.165, 1.54) is 0 Å². The largest absolute Gasteiger partial charge is 0.481 e. The molecule has 0 saturated carbocycles. The number of aliphatic carboxylic acids is 1. The van der Waals surface area contributed by atoms with Gasteiger partial charge in [-0.25, -0.2) is 0 Å². The smallest absolute Gasteiger partial charge is 0.303 e. The molecule has 2 N–H and O–H groups in total. The van der Waals surface area contributed by atoms with Crippen molar-refractivity contribution in [2.75, 3.05) is 5.32 Å². The molecule has 1 aromatic carbocycles. The number of amides is 1. The van der Waals surface area contributed by atoms with Gasteiger partial charge >= 0.3 is 5.97 Å². The van der Waals surface area contributed by atoms with E-state index in [1.54, 1.807) is 24.3 Å². The van der Waals surface area contributed by atoms with Gasteiger partial charge in [0, 0.05) is 5.69 Å². The molecule has 0 aliphatic rings. The highest BCUT2D eigenvalue weighted by Crippen LogP contribution is 2.20. The number of hydrogen-bond donors (Lipinski definition) is 2. The van der Waals surface area contributed by atoms with Crippen molar-refractivity contribution in [1.29, 1.82) is 0 Å². The monoisotopic (exact) mass is 245 g/mol. The maximum atomic E-state index is 11.2. The molecule has 0 aromatic heterocycles. The summed E-state index contributed by atoms with van der Waals surface area (Å²) in [5.41, 5.74) is 1.58. The van der Waals surface area contributed by atoms with E-state index in [2.05, 4.69) is 11.2 Å². The van der Waals surface area contributed by atoms with Crippen LogP contribution in [0, 0.1) is 12.3 Å². The van der Waals surface area contributed by atoms with Crippen molar-refractivity contribution < 1.29 is 14.7 Å². The highest BCUT2D eigenvalue weighted by Gasteiger charge is 2.10. The van der Waals surface area contributed by atoms with E-state index in [0.717, 1.165) is 5.56 Å². The van der Waals surface area contributed by atoms with Crippen molar-refractivity contribution in [3.05, 3.63) is 29.8 Å². The fourth-order valence-electron chi connectivity index (χ4n) is 1.57. The SMILES string of the molecule is C#CCC(=O)Nc1ccc(C(C)CC(=O)O)cc1. The quantitative estimate of drug-likeness (QED) is 0.782. The second-order valence-electron chi connectivity index (χ2n) is 4.05. The zero-order valence-corrected chi connectivity index (χ0v) is 10.1. The van der Waals surface area contributed by atoms with Crippen LogP contribution in [0.25, 0.3) is 0 Å². The predicted octanol–water partition coefficient (Wildman–Crippen LogP) is 2.23. The maximum absolute atomic E-state index is 11.2. The average Bonchev–Trinajstić information content (AvgIpc) is 2.29. The fourth-order valence-corrected chi connectivity index (χ4v) is 1.57. The minimum absolute atomic E-state index is 0.0389. The molecule has 0 bridgehead atoms. The molecule has 4 heteroatoms. The van der Waals surface area contributed by atoms with Crippen LogP contribution in [0.3, 0.4) is 0 Å². The number of rotatable bonds is 5. The van der Waals surface area contributed by atoms with Crippen LogP contribution in [0.5, 0.6) is 0 Å². The van der Waals surface area contributed by atoms with Gasteiger partial charge in [-0.15, -0.1) is 6.42 Å². The molecular formula is C14H15NO3. The summed E-state index contributed by atoms with van der Waals surface area (Å²) in [4.78, 5) is 21.8. The van der Waals surface area contributed by atoms with Gasteiger partial charge in [0.05, 0.1) is 12.8 Å². The van der Waals surface area contributed by atoms with E-state index < -0.39 is 5.97 Å². The maximum Gasteiger partial charge on any atom is 0.303 e. The van der Waals surface area contributed by atoms with Crippen molar-refractivity contribution in [2.24, 2.45) is 0 Å². The summed E-state index contributed by atoms with van der Waals surface area (Å²) in [6, 6.07) is 7.09. The molecule has 0 aliphatic carbocycles. The number of carbonyl (C=O) groups is 2. The van der Waals surface area contributed by atoms with Gasteiger partial charge in [-0.2, -0.15) is 0 Å². The first kappa shape index (κ1) is 13.8. The molecule has 0 heterocycles. The van der Waals surface area contributed by atoms with Crippen molar-refractivity contribution in [1.82, 2.24) is 0 Å². The lowest BCUT2D eigenvalue weighted by atomic mass is 9.98. The Bertz CT molecular complexity index is 471. The van der Waals surface area contributed by atoms with Crippen molar-refractivity contribution in [3.8, 4) is 12.3 Å². The number of nitrogens with one attached hydrogen (secondary N) is 1. The summed E-state index contributed by atoms with van der Waals surface area (Å²) in [7, 11) is 0. The Hall–Kier alpha value is -2.28. The normalized spacial score (nSPS) is 11.3. The number of carbonyl (C=O) groups excluding carboxylic acids is 1. The molecule has 1 aromatic rings. The van der Waals surface area contributed by atoms with Gasteiger partial charge in [-0.05, 0) is 23.6 Å². The summed E-state index contributed by atoms with van der Waals surface area (Å²) in [6.07, 6.45) is 5.15. The summed E-state index contributed by atoms with van der Waals surface area (Å²) in [6.45, 7) is 1.85. The van der Waals surface area contributed by atoms with Crippen LogP contribution in [-0.4, -0.2) is 17.0 Å². The van der Waals surface area contributed by atoms with Crippen LogP contribution >= 0.6 is 0 Å². The number of carboxylic acids is 1. The molecule has 1 atom stereocenters. The van der Waals surface area contributed by atoms with E-state index in [-0.39, 0.29) is 24.7 Å². The van der Waals surface area contributed by atoms with Crippen LogP contribution in [0.2, 0.25) is 0 Å². The molecular weight excluding hydrogens is 230 g/mol. The third kappa shape index (κ3) is 4.30. The first-order valence-corrected chi connectivity index (χ1v) is 5.58. The Morgan fingerprint density at radius 3 is 2.50 bits per heavy atom. The molecule has 0 fully saturated rings. The van der Waals surface area contributed by atoms with Crippen LogP contribution in [0.1, 0.15) is 31.2 Å². The Morgan fingerprint density at radius 1 is 1.39 bits per heavy atom. The molecule has 94 valence electrons. The zero-order valence-electron chi connectivity index (χ0n) is 10.1. The van der Waals surface area contributed by atoms with Gasteiger partial charge in [0.1, 0.15) is 0 Å². The lowest BCUT2D eigenvalue weighted by Crippen LogP contribution is -2.10. The van der Waals surface area contributed by atoms with Crippen LogP contribution in [0.15, 0.2) is 24.3 Å². The molecule has 0 spiro atoms. The van der Waals surface area contributed by atoms with E-state index >= 15 is 0 Å². The first-order valence-electron chi connectivity index (χ1n) is 5.58. The minimum Gasteiger partial charge on any atom is -0.481 e. The van der Waals surface area contributed by atoms with Crippen molar-refractivity contribution in [3.63, 3.8) is 0 Å². The second kappa shape index (κ2) is 6.45. The van der Waals surface area contributed by atoms with Gasteiger partial charge in [0.25, 0.3) is 0 Å². The topological polar surface area (TPSA) is 66.4 Å². The van der Waals surface area contributed by atoms with E-state index in [9.17, 15) is 9.59 Å². The molecule has 18 heavy (non-hydrogen) atoms. The van der Waals surface area contributed by atoms with Crippen LogP contribution < -0.4 is 5.32 Å². The second-order valence-corrected chi connectivity index (χ2v) is 4.05. The fraction of sp³-hybridized carbons (Fsp3) is 0.286. The van der Waals surface area contributed by atoms with Gasteiger partial charge in [0.2, 0.25) is 5.91 Å². The van der Waals surface area contributed by atoms with E-state index in [4.69, 9.17) is 11.5 Å². The minimum atomic E-state index is -0.825. The summed E-state index contributed by atoms with van der Waals surface area (Å²) in [5.74, 6) is 1.15. The molecule has 0 radical (unpaired) electrons. The molecule has 0 saturated heterocycles. The first-order chi connectivity index (χ1) is 8.52. The Kier molecular flexibility index (Phi) is 4.94. The Labute approximate surface area is 106 Å². The highest BCUT2D eigenvalue weighted by atomic mass is 16.4. The third-order valence-electron chi connectivity index (χ3n) is 2.51. The summed E-state index contributed by atoms with van der Waals surface area (Å²) >= 11 is 0. The summed E-state index contributed by atoms with van der Waals surface area (Å²) < 4.78 is 0. The average molecular weight is 245 g/mol. The molecule has 0 aliphatic heterocycles. The summed E-state index contributed by atoms with van der Waals surface area (Å²) in [5, 5.41) is 11.4. The number of carboxylic acid groups (broad SMARTS) is 1. The number of anilines is 1. The highest BCUT2D eigenvalue weighted by molar-refractivity contribution is 5.92. The molecule has 1 amide bonds. The van der Waals surface area contributed by atoms with Gasteiger partial charge in [0.15, 0.2) is 0 Å². The zero-order chi connectivity index (χ0) is 13.5. The number of terminal acetylenes is 1. The molecule has 1 unspecified atom stereocenters. The van der Waals surface area contributed by atoms with Crippen molar-refractivity contribution in [2.45, 2.75) is 25.7 Å². The van der Waals surface area contributed by atoms with Crippen LogP contribution in [-0.2, 0) is 9.59 Å². The van der Waals surface area contributed by atoms with Gasteiger partial charge < -0.3 is 10.4 Å². The third-order valence-corrected chi connectivity index (χ3v) is 2.51. The lowest BCUT2D eigenvalue weighted by molar-refractivity contribution is -0.137. The van der Waals surface area contributed by atoms with E-state index in [1.807, 2.05) is 6.92 Å². The van der Waals surface area contributed by atoms with Crippen LogP contribution in [0.4, 0.5) is 5.69 Å². The molecule has 4 nitrogen and oxygen atoms in total. The standard InChI is InChI=1S/C14H15NO3/c1-3-4-13(16)15-12-7-5-11(6-8-12)10(2)9-14(17)18/h1,5-8,10H,4,9H2,2H3,(H,15,16)(H,17,18). The number of hydrogen-bond acceptors (Lipinski definition) is 2.